The van der Waals surface area contributed by atoms with Crippen LogP contribution in [0.25, 0.3) is 11.5 Å². The summed E-state index contributed by atoms with van der Waals surface area (Å²) >= 11 is 1.54. The van der Waals surface area contributed by atoms with E-state index in [9.17, 15) is 9.59 Å². The molecule has 1 amide bonds. The number of hydrogen-bond acceptors (Lipinski definition) is 7. The summed E-state index contributed by atoms with van der Waals surface area (Å²) in [6.45, 7) is 0. The quantitative estimate of drug-likeness (QED) is 0.681. The lowest BCUT2D eigenvalue weighted by Crippen LogP contribution is -2.15. The van der Waals surface area contributed by atoms with Crippen molar-refractivity contribution in [3.8, 4) is 11.5 Å². The van der Waals surface area contributed by atoms with Crippen LogP contribution in [-0.2, 0) is 16.0 Å². The average molecular weight is 357 g/mol. The van der Waals surface area contributed by atoms with Gasteiger partial charge in [-0.2, -0.15) is 11.3 Å². The largest absolute Gasteiger partial charge is 0.465 e. The van der Waals surface area contributed by atoms with Crippen LogP contribution in [0, 0.1) is 0 Å². The molecule has 0 saturated heterocycles. The molecule has 0 aliphatic carbocycles. The summed E-state index contributed by atoms with van der Waals surface area (Å²) in [4.78, 5) is 23.8. The number of para-hydroxylation sites is 1. The molecule has 0 radical (unpaired) electrons. The van der Waals surface area contributed by atoms with Gasteiger partial charge in [-0.15, -0.1) is 10.2 Å². The number of nitrogens with zero attached hydrogens (tertiary/aromatic N) is 2. The lowest BCUT2D eigenvalue weighted by molar-refractivity contribution is -0.116. The highest BCUT2D eigenvalue weighted by molar-refractivity contribution is 7.08. The zero-order valence-electron chi connectivity index (χ0n) is 13.4. The molecule has 8 heteroatoms. The Hall–Kier alpha value is -3.00. The second-order valence-corrected chi connectivity index (χ2v) is 5.88. The van der Waals surface area contributed by atoms with Gasteiger partial charge in [0.05, 0.1) is 18.4 Å². The predicted molar refractivity (Wildman–Crippen MR) is 92.3 cm³/mol. The minimum absolute atomic E-state index is 0.154. The number of carbonyl (C=O) groups excluding carboxylic acids is 2. The van der Waals surface area contributed by atoms with Crippen LogP contribution >= 0.6 is 11.3 Å². The number of carbonyl (C=O) groups is 2. The Morgan fingerprint density at radius 3 is 2.84 bits per heavy atom. The van der Waals surface area contributed by atoms with Crippen LogP contribution < -0.4 is 5.32 Å². The number of rotatable bonds is 6. The lowest BCUT2D eigenvalue weighted by Gasteiger charge is -2.08. The molecule has 25 heavy (non-hydrogen) atoms. The minimum Gasteiger partial charge on any atom is -0.465 e. The summed E-state index contributed by atoms with van der Waals surface area (Å²) in [5.74, 6) is 0.0603. The normalized spacial score (nSPS) is 10.4. The molecule has 128 valence electrons. The summed E-state index contributed by atoms with van der Waals surface area (Å²) in [6.07, 6.45) is 0.462. The van der Waals surface area contributed by atoms with Crippen molar-refractivity contribution in [2.75, 3.05) is 12.4 Å². The number of amides is 1. The van der Waals surface area contributed by atoms with Gasteiger partial charge in [0.15, 0.2) is 0 Å². The van der Waals surface area contributed by atoms with E-state index in [1.54, 1.807) is 24.3 Å². The number of esters is 1. The molecule has 1 aromatic carbocycles. The van der Waals surface area contributed by atoms with E-state index >= 15 is 0 Å². The molecule has 0 bridgehead atoms. The van der Waals surface area contributed by atoms with E-state index in [4.69, 9.17) is 9.15 Å². The topological polar surface area (TPSA) is 94.3 Å². The van der Waals surface area contributed by atoms with E-state index in [1.165, 1.54) is 18.4 Å². The average Bonchev–Trinajstić information content (AvgIpc) is 3.31. The van der Waals surface area contributed by atoms with Crippen molar-refractivity contribution in [1.29, 1.82) is 0 Å². The van der Waals surface area contributed by atoms with Crippen LogP contribution in [0.5, 0.6) is 0 Å². The first kappa shape index (κ1) is 16.8. The van der Waals surface area contributed by atoms with Crippen molar-refractivity contribution in [2.24, 2.45) is 0 Å². The summed E-state index contributed by atoms with van der Waals surface area (Å²) in [5, 5.41) is 14.4. The number of ether oxygens (including phenoxy) is 1. The summed E-state index contributed by atoms with van der Waals surface area (Å²) < 4.78 is 10.2. The van der Waals surface area contributed by atoms with Crippen LogP contribution in [0.1, 0.15) is 22.7 Å². The van der Waals surface area contributed by atoms with Gasteiger partial charge in [0.2, 0.25) is 17.7 Å². The molecular formula is C17H15N3O4S. The molecular weight excluding hydrogens is 342 g/mol. The Bertz CT molecular complexity index is 874. The Morgan fingerprint density at radius 1 is 1.24 bits per heavy atom. The summed E-state index contributed by atoms with van der Waals surface area (Å²) in [6, 6.07) is 8.55. The number of benzene rings is 1. The predicted octanol–water partition coefficient (Wildman–Crippen LogP) is 3.16. The number of thiophene rings is 1. The van der Waals surface area contributed by atoms with Gasteiger partial charge in [0.1, 0.15) is 0 Å². The highest BCUT2D eigenvalue weighted by Crippen LogP contribution is 2.21. The van der Waals surface area contributed by atoms with E-state index in [1.807, 2.05) is 16.8 Å². The Morgan fingerprint density at radius 2 is 2.08 bits per heavy atom. The first-order valence-electron chi connectivity index (χ1n) is 7.49. The van der Waals surface area contributed by atoms with Gasteiger partial charge in [-0.05, 0) is 23.6 Å². The first-order valence-corrected chi connectivity index (χ1v) is 8.44. The Balaban J connectivity index is 1.60. The molecule has 0 aliphatic rings. The number of aryl methyl sites for hydroxylation is 1. The van der Waals surface area contributed by atoms with Crippen molar-refractivity contribution in [3.63, 3.8) is 0 Å². The number of hydrogen-bond donors (Lipinski definition) is 1. The van der Waals surface area contributed by atoms with Gasteiger partial charge in [0, 0.05) is 23.8 Å². The van der Waals surface area contributed by atoms with E-state index in [0.29, 0.717) is 29.5 Å². The van der Waals surface area contributed by atoms with Crippen LogP contribution in [0.15, 0.2) is 45.5 Å². The molecule has 0 atom stereocenters. The third-order valence-electron chi connectivity index (χ3n) is 3.41. The van der Waals surface area contributed by atoms with Gasteiger partial charge in [0.25, 0.3) is 0 Å². The highest BCUT2D eigenvalue weighted by Gasteiger charge is 2.14. The molecule has 0 aliphatic heterocycles. The molecule has 0 saturated carbocycles. The molecule has 0 spiro atoms. The van der Waals surface area contributed by atoms with Crippen molar-refractivity contribution >= 4 is 28.9 Å². The van der Waals surface area contributed by atoms with Crippen molar-refractivity contribution in [1.82, 2.24) is 10.2 Å². The van der Waals surface area contributed by atoms with Crippen LogP contribution in [-0.4, -0.2) is 29.2 Å². The number of methoxy groups -OCH3 is 1. The molecule has 1 N–H and O–H groups in total. The SMILES string of the molecule is COC(=O)c1ccccc1NC(=O)CCc1nnc(-c2ccsc2)o1. The zero-order chi connectivity index (χ0) is 17.6. The summed E-state index contributed by atoms with van der Waals surface area (Å²) in [5.41, 5.74) is 1.57. The van der Waals surface area contributed by atoms with Gasteiger partial charge >= 0.3 is 5.97 Å². The zero-order valence-corrected chi connectivity index (χ0v) is 14.2. The van der Waals surface area contributed by atoms with E-state index in [-0.39, 0.29) is 12.3 Å². The highest BCUT2D eigenvalue weighted by atomic mass is 32.1. The fourth-order valence-corrected chi connectivity index (χ4v) is 2.80. The summed E-state index contributed by atoms with van der Waals surface area (Å²) in [7, 11) is 1.29. The van der Waals surface area contributed by atoms with Crippen molar-refractivity contribution < 1.29 is 18.7 Å². The fourth-order valence-electron chi connectivity index (χ4n) is 2.17. The first-order chi connectivity index (χ1) is 12.2. The molecule has 3 rings (SSSR count). The van der Waals surface area contributed by atoms with Crippen LogP contribution in [0.3, 0.4) is 0 Å². The standard InChI is InChI=1S/C17H15N3O4S/c1-23-17(22)12-4-2-3-5-13(12)18-14(21)6-7-15-19-20-16(24-15)11-8-9-25-10-11/h2-5,8-10H,6-7H2,1H3,(H,18,21). The van der Waals surface area contributed by atoms with Gasteiger partial charge in [-0.25, -0.2) is 4.79 Å². The van der Waals surface area contributed by atoms with E-state index < -0.39 is 5.97 Å². The van der Waals surface area contributed by atoms with Gasteiger partial charge < -0.3 is 14.5 Å². The maximum Gasteiger partial charge on any atom is 0.339 e. The van der Waals surface area contributed by atoms with Gasteiger partial charge in [-0.3, -0.25) is 4.79 Å². The number of anilines is 1. The number of nitrogens with one attached hydrogen (secondary N) is 1. The molecule has 0 fully saturated rings. The second kappa shape index (κ2) is 7.71. The third kappa shape index (κ3) is 4.10. The second-order valence-electron chi connectivity index (χ2n) is 5.10. The minimum atomic E-state index is -0.506. The van der Waals surface area contributed by atoms with Crippen LogP contribution in [0.4, 0.5) is 5.69 Å². The van der Waals surface area contributed by atoms with E-state index in [2.05, 4.69) is 15.5 Å². The van der Waals surface area contributed by atoms with Crippen molar-refractivity contribution in [2.45, 2.75) is 12.8 Å². The van der Waals surface area contributed by atoms with E-state index in [0.717, 1.165) is 5.56 Å². The van der Waals surface area contributed by atoms with Gasteiger partial charge in [-0.1, -0.05) is 12.1 Å². The lowest BCUT2D eigenvalue weighted by atomic mass is 10.1. The number of aromatic nitrogens is 2. The maximum atomic E-state index is 12.1. The Kier molecular flexibility index (Phi) is 5.20. The Labute approximate surface area is 147 Å². The molecule has 2 heterocycles. The molecule has 0 unspecified atom stereocenters. The molecule has 7 nitrogen and oxygen atoms in total. The smallest absolute Gasteiger partial charge is 0.339 e. The fraction of sp³-hybridized carbons (Fsp3) is 0.176. The van der Waals surface area contributed by atoms with Crippen LogP contribution in [0.2, 0.25) is 0 Å². The monoisotopic (exact) mass is 357 g/mol. The molecule has 2 aromatic heterocycles. The molecule has 3 aromatic rings. The van der Waals surface area contributed by atoms with Crippen molar-refractivity contribution in [3.05, 3.63) is 52.5 Å². The third-order valence-corrected chi connectivity index (χ3v) is 4.09. The maximum absolute atomic E-state index is 12.1.